The van der Waals surface area contributed by atoms with Crippen LogP contribution < -0.4 is 15.2 Å². The fourth-order valence-corrected chi connectivity index (χ4v) is 2.08. The van der Waals surface area contributed by atoms with Crippen LogP contribution in [0.2, 0.25) is 0 Å². The highest BCUT2D eigenvalue weighted by Gasteiger charge is 1.99. The maximum Gasteiger partial charge on any atom is 0.122 e. The minimum absolute atomic E-state index is 0.527. The molecule has 0 aromatic heterocycles. The van der Waals surface area contributed by atoms with Crippen LogP contribution in [0.1, 0.15) is 16.7 Å². The standard InChI is InChI=1S/C18H23NO2/c1-14-6-7-18(12-15(14)2)21-11-10-20-17-5-3-4-16(13-17)8-9-19/h3-7,12-13H,8-11,19H2,1-2H3. The first-order valence-corrected chi connectivity index (χ1v) is 7.31. The molecule has 2 aromatic rings. The maximum atomic E-state index is 5.70. The number of aryl methyl sites for hydroxylation is 2. The van der Waals surface area contributed by atoms with Crippen molar-refractivity contribution in [3.05, 3.63) is 59.2 Å². The van der Waals surface area contributed by atoms with Gasteiger partial charge in [0.2, 0.25) is 0 Å². The van der Waals surface area contributed by atoms with Crippen LogP contribution in [0.4, 0.5) is 0 Å². The van der Waals surface area contributed by atoms with Crippen molar-refractivity contribution < 1.29 is 9.47 Å². The Morgan fingerprint density at radius 3 is 2.24 bits per heavy atom. The summed E-state index contributed by atoms with van der Waals surface area (Å²) in [4.78, 5) is 0. The van der Waals surface area contributed by atoms with E-state index in [9.17, 15) is 0 Å². The number of hydrogen-bond acceptors (Lipinski definition) is 3. The van der Waals surface area contributed by atoms with Crippen molar-refractivity contribution in [1.29, 1.82) is 0 Å². The van der Waals surface area contributed by atoms with E-state index in [0.717, 1.165) is 17.9 Å². The van der Waals surface area contributed by atoms with E-state index in [2.05, 4.69) is 32.0 Å². The Bertz CT molecular complexity index is 581. The third kappa shape index (κ3) is 4.80. The highest BCUT2D eigenvalue weighted by molar-refractivity contribution is 5.33. The molecule has 0 amide bonds. The van der Waals surface area contributed by atoms with E-state index >= 15 is 0 Å². The van der Waals surface area contributed by atoms with Crippen molar-refractivity contribution in [3.63, 3.8) is 0 Å². The zero-order chi connectivity index (χ0) is 15.1. The lowest BCUT2D eigenvalue weighted by Crippen LogP contribution is -2.09. The van der Waals surface area contributed by atoms with Gasteiger partial charge in [-0.2, -0.15) is 0 Å². The van der Waals surface area contributed by atoms with E-state index in [1.165, 1.54) is 16.7 Å². The summed E-state index contributed by atoms with van der Waals surface area (Å²) in [6, 6.07) is 14.2. The second-order valence-corrected chi connectivity index (χ2v) is 5.13. The topological polar surface area (TPSA) is 44.5 Å². The molecule has 2 rings (SSSR count). The van der Waals surface area contributed by atoms with Gasteiger partial charge in [-0.1, -0.05) is 18.2 Å². The van der Waals surface area contributed by atoms with E-state index in [-0.39, 0.29) is 0 Å². The first-order valence-electron chi connectivity index (χ1n) is 7.31. The van der Waals surface area contributed by atoms with Gasteiger partial charge in [-0.3, -0.25) is 0 Å². The summed E-state index contributed by atoms with van der Waals surface area (Å²) in [6.45, 7) is 5.89. The second kappa shape index (κ2) is 7.70. The Balaban J connectivity index is 1.79. The van der Waals surface area contributed by atoms with Gasteiger partial charge in [0.25, 0.3) is 0 Å². The van der Waals surface area contributed by atoms with Crippen molar-refractivity contribution in [2.24, 2.45) is 5.73 Å². The molecule has 0 atom stereocenters. The van der Waals surface area contributed by atoms with Gasteiger partial charge in [0.15, 0.2) is 0 Å². The molecule has 0 saturated heterocycles. The third-order valence-corrected chi connectivity index (χ3v) is 3.43. The molecule has 0 heterocycles. The number of benzene rings is 2. The Hall–Kier alpha value is -2.00. The van der Waals surface area contributed by atoms with Crippen molar-refractivity contribution in [2.45, 2.75) is 20.3 Å². The average molecular weight is 285 g/mol. The van der Waals surface area contributed by atoms with Crippen LogP contribution in [0.3, 0.4) is 0 Å². The quantitative estimate of drug-likeness (QED) is 0.794. The van der Waals surface area contributed by atoms with Crippen molar-refractivity contribution in [1.82, 2.24) is 0 Å². The zero-order valence-corrected chi connectivity index (χ0v) is 12.8. The van der Waals surface area contributed by atoms with Crippen LogP contribution in [-0.2, 0) is 6.42 Å². The summed E-state index contributed by atoms with van der Waals surface area (Å²) >= 11 is 0. The smallest absolute Gasteiger partial charge is 0.122 e. The predicted octanol–water partition coefficient (Wildman–Crippen LogP) is 3.26. The molecule has 3 heteroatoms. The molecule has 0 spiro atoms. The van der Waals surface area contributed by atoms with Gasteiger partial charge in [0.05, 0.1) is 0 Å². The zero-order valence-electron chi connectivity index (χ0n) is 12.8. The van der Waals surface area contributed by atoms with E-state index in [1.54, 1.807) is 0 Å². The first-order chi connectivity index (χ1) is 10.2. The summed E-state index contributed by atoms with van der Waals surface area (Å²) < 4.78 is 11.4. The van der Waals surface area contributed by atoms with E-state index < -0.39 is 0 Å². The van der Waals surface area contributed by atoms with Gasteiger partial charge < -0.3 is 15.2 Å². The van der Waals surface area contributed by atoms with Gasteiger partial charge in [-0.25, -0.2) is 0 Å². The van der Waals surface area contributed by atoms with Gasteiger partial charge in [-0.05, 0) is 67.8 Å². The van der Waals surface area contributed by atoms with Crippen LogP contribution in [0.25, 0.3) is 0 Å². The molecule has 0 unspecified atom stereocenters. The largest absolute Gasteiger partial charge is 0.490 e. The lowest BCUT2D eigenvalue weighted by molar-refractivity contribution is 0.217. The maximum absolute atomic E-state index is 5.70. The molecule has 3 nitrogen and oxygen atoms in total. The molecular formula is C18H23NO2. The molecule has 112 valence electrons. The molecule has 0 saturated carbocycles. The van der Waals surface area contributed by atoms with Crippen LogP contribution >= 0.6 is 0 Å². The minimum atomic E-state index is 0.527. The summed E-state index contributed by atoms with van der Waals surface area (Å²) in [5.41, 5.74) is 9.27. The molecule has 2 N–H and O–H groups in total. The molecule has 0 radical (unpaired) electrons. The summed E-state index contributed by atoms with van der Waals surface area (Å²) in [6.07, 6.45) is 0.871. The molecule has 0 aliphatic rings. The second-order valence-electron chi connectivity index (χ2n) is 5.13. The van der Waals surface area contributed by atoms with E-state index in [1.807, 2.05) is 24.3 Å². The normalized spacial score (nSPS) is 10.4. The van der Waals surface area contributed by atoms with Gasteiger partial charge in [0, 0.05) is 0 Å². The third-order valence-electron chi connectivity index (χ3n) is 3.43. The first kappa shape index (κ1) is 15.4. The Labute approximate surface area is 126 Å². The van der Waals surface area contributed by atoms with Gasteiger partial charge in [0.1, 0.15) is 24.7 Å². The summed E-state index contributed by atoms with van der Waals surface area (Å²) in [7, 11) is 0. The fraction of sp³-hybridized carbons (Fsp3) is 0.333. The van der Waals surface area contributed by atoms with E-state index in [0.29, 0.717) is 19.8 Å². The highest BCUT2D eigenvalue weighted by atomic mass is 16.5. The van der Waals surface area contributed by atoms with Crippen LogP contribution in [0, 0.1) is 13.8 Å². The van der Waals surface area contributed by atoms with E-state index in [4.69, 9.17) is 15.2 Å². The molecule has 0 fully saturated rings. The SMILES string of the molecule is Cc1ccc(OCCOc2cccc(CCN)c2)cc1C. The highest BCUT2D eigenvalue weighted by Crippen LogP contribution is 2.17. The number of ether oxygens (including phenoxy) is 2. The Morgan fingerprint density at radius 2 is 1.57 bits per heavy atom. The predicted molar refractivity (Wildman–Crippen MR) is 86.1 cm³/mol. The molecule has 2 aromatic carbocycles. The number of rotatable bonds is 7. The molecule has 0 bridgehead atoms. The molecule has 0 aliphatic heterocycles. The molecule has 0 aliphatic carbocycles. The molecule has 21 heavy (non-hydrogen) atoms. The van der Waals surface area contributed by atoms with Crippen molar-refractivity contribution in [2.75, 3.05) is 19.8 Å². The van der Waals surface area contributed by atoms with Crippen LogP contribution in [0.15, 0.2) is 42.5 Å². The number of hydrogen-bond donors (Lipinski definition) is 1. The fourth-order valence-electron chi connectivity index (χ4n) is 2.08. The summed E-state index contributed by atoms with van der Waals surface area (Å²) in [5, 5.41) is 0. The summed E-state index contributed by atoms with van der Waals surface area (Å²) in [5.74, 6) is 1.75. The minimum Gasteiger partial charge on any atom is -0.490 e. The molecular weight excluding hydrogens is 262 g/mol. The lowest BCUT2D eigenvalue weighted by atomic mass is 10.1. The lowest BCUT2D eigenvalue weighted by Gasteiger charge is -2.10. The Morgan fingerprint density at radius 1 is 0.857 bits per heavy atom. The van der Waals surface area contributed by atoms with Crippen molar-refractivity contribution in [3.8, 4) is 11.5 Å². The van der Waals surface area contributed by atoms with Gasteiger partial charge >= 0.3 is 0 Å². The monoisotopic (exact) mass is 285 g/mol. The Kier molecular flexibility index (Phi) is 5.64. The van der Waals surface area contributed by atoms with Crippen molar-refractivity contribution >= 4 is 0 Å². The van der Waals surface area contributed by atoms with Crippen LogP contribution in [0.5, 0.6) is 11.5 Å². The van der Waals surface area contributed by atoms with Gasteiger partial charge in [-0.15, -0.1) is 0 Å². The number of nitrogens with two attached hydrogens (primary N) is 1. The average Bonchev–Trinajstić information content (AvgIpc) is 2.48. The van der Waals surface area contributed by atoms with Crippen LogP contribution in [-0.4, -0.2) is 19.8 Å².